The number of hydrogen-bond acceptors (Lipinski definition) is 4. The van der Waals surface area contributed by atoms with Crippen LogP contribution in [0.15, 0.2) is 5.38 Å². The van der Waals surface area contributed by atoms with Crippen LogP contribution in [0.1, 0.15) is 12.6 Å². The third kappa shape index (κ3) is 1.97. The molecule has 0 bridgehead atoms. The monoisotopic (exact) mass is 158 g/mol. The standard InChI is InChI=1S/C6H10N2OS/c1-2-9-3-5-4-10-6(7)8-5/h4H,2-3H2,1H3,(H2,7,8). The maximum absolute atomic E-state index is 5.40. The maximum atomic E-state index is 5.40. The first-order valence-electron chi connectivity index (χ1n) is 3.10. The van der Waals surface area contributed by atoms with Crippen LogP contribution in [0.4, 0.5) is 5.13 Å². The Morgan fingerprint density at radius 3 is 3.10 bits per heavy atom. The van der Waals surface area contributed by atoms with Crippen molar-refractivity contribution < 1.29 is 4.74 Å². The second-order valence-corrected chi connectivity index (χ2v) is 2.70. The van der Waals surface area contributed by atoms with Crippen LogP contribution in [0.2, 0.25) is 0 Å². The number of nitrogens with two attached hydrogens (primary N) is 1. The van der Waals surface area contributed by atoms with Gasteiger partial charge in [0.25, 0.3) is 0 Å². The van der Waals surface area contributed by atoms with E-state index in [0.29, 0.717) is 11.7 Å². The minimum Gasteiger partial charge on any atom is -0.375 e. The van der Waals surface area contributed by atoms with E-state index in [2.05, 4.69) is 4.98 Å². The first kappa shape index (κ1) is 7.50. The van der Waals surface area contributed by atoms with E-state index in [4.69, 9.17) is 10.5 Å². The van der Waals surface area contributed by atoms with E-state index >= 15 is 0 Å². The number of thiazole rings is 1. The molecule has 4 heteroatoms. The predicted molar refractivity (Wildman–Crippen MR) is 41.9 cm³/mol. The summed E-state index contributed by atoms with van der Waals surface area (Å²) in [4.78, 5) is 4.02. The number of aromatic nitrogens is 1. The van der Waals surface area contributed by atoms with Crippen LogP contribution < -0.4 is 5.73 Å². The fraction of sp³-hybridized carbons (Fsp3) is 0.500. The summed E-state index contributed by atoms with van der Waals surface area (Å²) in [5.74, 6) is 0. The number of anilines is 1. The molecule has 0 amide bonds. The first-order valence-corrected chi connectivity index (χ1v) is 3.98. The molecule has 0 unspecified atom stereocenters. The Bertz CT molecular complexity index is 199. The molecule has 1 heterocycles. The molecule has 0 radical (unpaired) electrons. The SMILES string of the molecule is CCOCc1csc(N)n1. The molecule has 0 aliphatic rings. The van der Waals surface area contributed by atoms with Gasteiger partial charge in [0, 0.05) is 12.0 Å². The van der Waals surface area contributed by atoms with E-state index in [-0.39, 0.29) is 0 Å². The molecule has 0 aromatic carbocycles. The molecule has 56 valence electrons. The van der Waals surface area contributed by atoms with Crippen molar-refractivity contribution in [2.75, 3.05) is 12.3 Å². The van der Waals surface area contributed by atoms with E-state index in [1.807, 2.05) is 12.3 Å². The van der Waals surface area contributed by atoms with E-state index in [0.717, 1.165) is 12.3 Å². The van der Waals surface area contributed by atoms with Gasteiger partial charge in [-0.2, -0.15) is 0 Å². The van der Waals surface area contributed by atoms with Gasteiger partial charge in [-0.3, -0.25) is 0 Å². The second-order valence-electron chi connectivity index (χ2n) is 1.81. The molecule has 3 nitrogen and oxygen atoms in total. The predicted octanol–water partition coefficient (Wildman–Crippen LogP) is 1.26. The Hall–Kier alpha value is -0.610. The highest BCUT2D eigenvalue weighted by Gasteiger charge is 1.96. The van der Waals surface area contributed by atoms with E-state index in [1.54, 1.807) is 0 Å². The summed E-state index contributed by atoms with van der Waals surface area (Å²) in [7, 11) is 0. The lowest BCUT2D eigenvalue weighted by molar-refractivity contribution is 0.132. The Labute approximate surface area is 63.8 Å². The summed E-state index contributed by atoms with van der Waals surface area (Å²) < 4.78 is 5.12. The summed E-state index contributed by atoms with van der Waals surface area (Å²) in [5.41, 5.74) is 6.32. The fourth-order valence-corrected chi connectivity index (χ4v) is 1.14. The minimum absolute atomic E-state index is 0.574. The highest BCUT2D eigenvalue weighted by Crippen LogP contribution is 2.11. The molecule has 0 aliphatic carbocycles. The van der Waals surface area contributed by atoms with Crippen molar-refractivity contribution in [2.45, 2.75) is 13.5 Å². The van der Waals surface area contributed by atoms with Crippen molar-refractivity contribution >= 4 is 16.5 Å². The molecule has 0 fully saturated rings. The van der Waals surface area contributed by atoms with Crippen molar-refractivity contribution in [1.82, 2.24) is 4.98 Å². The molecule has 10 heavy (non-hydrogen) atoms. The van der Waals surface area contributed by atoms with Crippen LogP contribution in [0.5, 0.6) is 0 Å². The molecular weight excluding hydrogens is 148 g/mol. The van der Waals surface area contributed by atoms with Gasteiger partial charge >= 0.3 is 0 Å². The molecule has 2 N–H and O–H groups in total. The van der Waals surface area contributed by atoms with E-state index in [9.17, 15) is 0 Å². The Balaban J connectivity index is 2.42. The highest BCUT2D eigenvalue weighted by atomic mass is 32.1. The van der Waals surface area contributed by atoms with Gasteiger partial charge in [0.2, 0.25) is 0 Å². The van der Waals surface area contributed by atoms with Gasteiger partial charge in [-0.05, 0) is 6.92 Å². The number of ether oxygens (including phenoxy) is 1. The number of nitrogens with zero attached hydrogens (tertiary/aromatic N) is 1. The average Bonchev–Trinajstić information content (AvgIpc) is 2.31. The summed E-state index contributed by atoms with van der Waals surface area (Å²) in [6.45, 7) is 3.25. The summed E-state index contributed by atoms with van der Waals surface area (Å²) in [6, 6.07) is 0. The molecular formula is C6H10N2OS. The van der Waals surface area contributed by atoms with Gasteiger partial charge in [-0.15, -0.1) is 11.3 Å². The summed E-state index contributed by atoms with van der Waals surface area (Å²) >= 11 is 1.44. The van der Waals surface area contributed by atoms with Crippen LogP contribution >= 0.6 is 11.3 Å². The lowest BCUT2D eigenvalue weighted by Gasteiger charge is -1.93. The Morgan fingerprint density at radius 2 is 2.60 bits per heavy atom. The highest BCUT2D eigenvalue weighted by molar-refractivity contribution is 7.13. The van der Waals surface area contributed by atoms with Gasteiger partial charge in [0.1, 0.15) is 0 Å². The molecule has 1 aromatic rings. The third-order valence-corrected chi connectivity index (χ3v) is 1.75. The minimum atomic E-state index is 0.574. The molecule has 0 aliphatic heterocycles. The van der Waals surface area contributed by atoms with E-state index < -0.39 is 0 Å². The molecule has 1 rings (SSSR count). The van der Waals surface area contributed by atoms with Crippen LogP contribution in [-0.4, -0.2) is 11.6 Å². The molecule has 0 saturated carbocycles. The van der Waals surface area contributed by atoms with Crippen molar-refractivity contribution in [3.8, 4) is 0 Å². The fourth-order valence-electron chi connectivity index (χ4n) is 0.596. The topological polar surface area (TPSA) is 48.1 Å². The van der Waals surface area contributed by atoms with Crippen molar-refractivity contribution in [3.63, 3.8) is 0 Å². The largest absolute Gasteiger partial charge is 0.375 e. The van der Waals surface area contributed by atoms with Gasteiger partial charge in [-0.1, -0.05) is 0 Å². The van der Waals surface area contributed by atoms with E-state index in [1.165, 1.54) is 11.3 Å². The lowest BCUT2D eigenvalue weighted by Crippen LogP contribution is -1.92. The second kappa shape index (κ2) is 3.53. The quantitative estimate of drug-likeness (QED) is 0.720. The maximum Gasteiger partial charge on any atom is 0.180 e. The van der Waals surface area contributed by atoms with Gasteiger partial charge in [0.15, 0.2) is 5.13 Å². The van der Waals surface area contributed by atoms with Crippen molar-refractivity contribution in [2.24, 2.45) is 0 Å². The molecule has 0 spiro atoms. The summed E-state index contributed by atoms with van der Waals surface area (Å²) in [6.07, 6.45) is 0. The number of hydrogen-bond donors (Lipinski definition) is 1. The third-order valence-electron chi connectivity index (χ3n) is 1.02. The summed E-state index contributed by atoms with van der Waals surface area (Å²) in [5, 5.41) is 2.51. The van der Waals surface area contributed by atoms with Crippen molar-refractivity contribution in [3.05, 3.63) is 11.1 Å². The first-order chi connectivity index (χ1) is 4.83. The molecule has 0 saturated heterocycles. The van der Waals surface area contributed by atoms with Gasteiger partial charge < -0.3 is 10.5 Å². The van der Waals surface area contributed by atoms with Gasteiger partial charge in [-0.25, -0.2) is 4.98 Å². The number of nitrogen functional groups attached to an aromatic ring is 1. The van der Waals surface area contributed by atoms with Gasteiger partial charge in [0.05, 0.1) is 12.3 Å². The number of rotatable bonds is 3. The zero-order valence-electron chi connectivity index (χ0n) is 5.83. The van der Waals surface area contributed by atoms with Crippen LogP contribution in [0, 0.1) is 0 Å². The molecule has 1 aromatic heterocycles. The Kier molecular flexibility index (Phi) is 2.65. The molecule has 0 atom stereocenters. The van der Waals surface area contributed by atoms with Crippen LogP contribution in [0.3, 0.4) is 0 Å². The lowest BCUT2D eigenvalue weighted by atomic mass is 10.5. The van der Waals surface area contributed by atoms with Crippen molar-refractivity contribution in [1.29, 1.82) is 0 Å². The Morgan fingerprint density at radius 1 is 1.80 bits per heavy atom. The van der Waals surface area contributed by atoms with Crippen LogP contribution in [-0.2, 0) is 11.3 Å². The average molecular weight is 158 g/mol. The normalized spacial score (nSPS) is 10.1. The zero-order chi connectivity index (χ0) is 7.40. The van der Waals surface area contributed by atoms with Crippen LogP contribution in [0.25, 0.3) is 0 Å². The smallest absolute Gasteiger partial charge is 0.180 e. The zero-order valence-corrected chi connectivity index (χ0v) is 6.65.